The smallest absolute Gasteiger partial charge is 0.100 e. The van der Waals surface area contributed by atoms with Gasteiger partial charge in [-0.1, -0.05) is 48.9 Å². The van der Waals surface area contributed by atoms with Gasteiger partial charge in [-0.05, 0) is 29.2 Å². The Bertz CT molecular complexity index is 589. The van der Waals surface area contributed by atoms with Crippen LogP contribution >= 0.6 is 0 Å². The van der Waals surface area contributed by atoms with Gasteiger partial charge in [0.2, 0.25) is 0 Å². The van der Waals surface area contributed by atoms with Gasteiger partial charge in [0.15, 0.2) is 0 Å². The van der Waals surface area contributed by atoms with Crippen LogP contribution in [0, 0.1) is 0 Å². The summed E-state index contributed by atoms with van der Waals surface area (Å²) in [7, 11) is 0. The Balaban J connectivity index is 1.78. The molecule has 0 saturated carbocycles. The summed E-state index contributed by atoms with van der Waals surface area (Å²) in [5.41, 5.74) is 1.37. The third kappa shape index (κ3) is 1.87. The van der Waals surface area contributed by atoms with Gasteiger partial charge in [0.25, 0.3) is 0 Å². The average molecular weight is 253 g/mol. The van der Waals surface area contributed by atoms with Crippen LogP contribution in [0.5, 0.6) is 0 Å². The SMILES string of the molecule is c1ccc2c([C@@H]3OCN4CCCC[C@@H]34)cccc2c1. The van der Waals surface area contributed by atoms with Crippen LogP contribution in [0.4, 0.5) is 0 Å². The van der Waals surface area contributed by atoms with Crippen molar-refractivity contribution in [3.05, 3.63) is 48.0 Å². The molecule has 0 amide bonds. The maximum absolute atomic E-state index is 6.12. The summed E-state index contributed by atoms with van der Waals surface area (Å²) in [4.78, 5) is 2.51. The second-order valence-corrected chi connectivity index (χ2v) is 5.66. The fraction of sp³-hybridized carbons (Fsp3) is 0.412. The van der Waals surface area contributed by atoms with Crippen LogP contribution in [0.2, 0.25) is 0 Å². The molecule has 2 heteroatoms. The summed E-state index contributed by atoms with van der Waals surface area (Å²) in [5, 5.41) is 2.67. The van der Waals surface area contributed by atoms with Gasteiger partial charge in [0.05, 0.1) is 0 Å². The van der Waals surface area contributed by atoms with Crippen LogP contribution in [0.15, 0.2) is 42.5 Å². The molecule has 0 spiro atoms. The summed E-state index contributed by atoms with van der Waals surface area (Å²) in [6.07, 6.45) is 4.19. The molecule has 2 aliphatic rings. The summed E-state index contributed by atoms with van der Waals surface area (Å²) in [5.74, 6) is 0. The van der Waals surface area contributed by atoms with Crippen molar-refractivity contribution in [2.75, 3.05) is 13.3 Å². The summed E-state index contributed by atoms with van der Waals surface area (Å²) >= 11 is 0. The summed E-state index contributed by atoms with van der Waals surface area (Å²) in [6, 6.07) is 15.8. The van der Waals surface area contributed by atoms with Gasteiger partial charge in [-0.2, -0.15) is 0 Å². The Morgan fingerprint density at radius 2 is 1.89 bits per heavy atom. The van der Waals surface area contributed by atoms with E-state index in [-0.39, 0.29) is 6.10 Å². The average Bonchev–Trinajstić information content (AvgIpc) is 2.90. The van der Waals surface area contributed by atoms with E-state index in [1.54, 1.807) is 0 Å². The molecule has 0 radical (unpaired) electrons. The van der Waals surface area contributed by atoms with Crippen molar-refractivity contribution in [2.45, 2.75) is 31.4 Å². The highest BCUT2D eigenvalue weighted by Gasteiger charge is 2.37. The van der Waals surface area contributed by atoms with Gasteiger partial charge in [0, 0.05) is 12.6 Å². The first-order valence-corrected chi connectivity index (χ1v) is 7.27. The van der Waals surface area contributed by atoms with E-state index in [2.05, 4.69) is 47.4 Å². The molecule has 2 heterocycles. The van der Waals surface area contributed by atoms with Crippen LogP contribution in [0.25, 0.3) is 10.8 Å². The van der Waals surface area contributed by atoms with Gasteiger partial charge < -0.3 is 4.74 Å². The van der Waals surface area contributed by atoms with Crippen LogP contribution in [-0.4, -0.2) is 24.2 Å². The molecule has 4 rings (SSSR count). The molecule has 0 aromatic heterocycles. The highest BCUT2D eigenvalue weighted by Crippen LogP contribution is 2.39. The topological polar surface area (TPSA) is 12.5 Å². The molecule has 0 aliphatic carbocycles. The lowest BCUT2D eigenvalue weighted by molar-refractivity contribution is 0.0904. The van der Waals surface area contributed by atoms with E-state index in [9.17, 15) is 0 Å². The normalized spacial score (nSPS) is 27.6. The fourth-order valence-electron chi connectivity index (χ4n) is 3.60. The van der Waals surface area contributed by atoms with Crippen LogP contribution in [0.3, 0.4) is 0 Å². The first kappa shape index (κ1) is 11.4. The van der Waals surface area contributed by atoms with E-state index >= 15 is 0 Å². The van der Waals surface area contributed by atoms with Crippen LogP contribution < -0.4 is 0 Å². The Morgan fingerprint density at radius 3 is 2.89 bits per heavy atom. The lowest BCUT2D eigenvalue weighted by Crippen LogP contribution is -2.36. The zero-order valence-corrected chi connectivity index (χ0v) is 11.1. The second kappa shape index (κ2) is 4.62. The second-order valence-electron chi connectivity index (χ2n) is 5.66. The molecule has 2 fully saturated rings. The van der Waals surface area contributed by atoms with Gasteiger partial charge >= 0.3 is 0 Å². The lowest BCUT2D eigenvalue weighted by Gasteiger charge is -2.30. The number of rotatable bonds is 1. The molecule has 0 unspecified atom stereocenters. The molecule has 2 atom stereocenters. The minimum atomic E-state index is 0.256. The molecule has 2 nitrogen and oxygen atoms in total. The number of hydrogen-bond acceptors (Lipinski definition) is 2. The van der Waals surface area contributed by atoms with Crippen LogP contribution in [-0.2, 0) is 4.74 Å². The Hall–Kier alpha value is -1.38. The van der Waals surface area contributed by atoms with Crippen LogP contribution in [0.1, 0.15) is 30.9 Å². The zero-order chi connectivity index (χ0) is 12.7. The van der Waals surface area contributed by atoms with Crippen molar-refractivity contribution in [1.82, 2.24) is 4.90 Å². The van der Waals surface area contributed by atoms with Gasteiger partial charge in [0.1, 0.15) is 12.8 Å². The van der Waals surface area contributed by atoms with Crippen molar-refractivity contribution in [2.24, 2.45) is 0 Å². The third-order valence-electron chi connectivity index (χ3n) is 4.56. The Morgan fingerprint density at radius 1 is 1.00 bits per heavy atom. The zero-order valence-electron chi connectivity index (χ0n) is 11.1. The summed E-state index contributed by atoms with van der Waals surface area (Å²) in [6.45, 7) is 2.00. The molecule has 98 valence electrons. The fourth-order valence-corrected chi connectivity index (χ4v) is 3.60. The number of ether oxygens (including phenoxy) is 1. The number of benzene rings is 2. The number of hydrogen-bond donors (Lipinski definition) is 0. The maximum Gasteiger partial charge on any atom is 0.100 e. The predicted octanol–water partition coefficient (Wildman–Crippen LogP) is 3.72. The minimum Gasteiger partial charge on any atom is -0.356 e. The molecule has 2 saturated heterocycles. The molecule has 19 heavy (non-hydrogen) atoms. The maximum atomic E-state index is 6.12. The Labute approximate surface area is 114 Å². The predicted molar refractivity (Wildman–Crippen MR) is 77.0 cm³/mol. The largest absolute Gasteiger partial charge is 0.356 e. The van der Waals surface area contributed by atoms with Crippen molar-refractivity contribution in [1.29, 1.82) is 0 Å². The molecule has 2 aliphatic heterocycles. The minimum absolute atomic E-state index is 0.256. The van der Waals surface area contributed by atoms with Gasteiger partial charge in [-0.25, -0.2) is 0 Å². The molecular formula is C17H19NO. The Kier molecular flexibility index (Phi) is 2.78. The number of piperidine rings is 1. The van der Waals surface area contributed by atoms with Gasteiger partial charge in [-0.3, -0.25) is 4.90 Å². The molecular weight excluding hydrogens is 234 g/mol. The van der Waals surface area contributed by atoms with Crippen molar-refractivity contribution < 1.29 is 4.74 Å². The number of fused-ring (bicyclic) bond motifs is 2. The monoisotopic (exact) mass is 253 g/mol. The summed E-state index contributed by atoms with van der Waals surface area (Å²) < 4.78 is 6.12. The first-order chi connectivity index (χ1) is 9.43. The quantitative estimate of drug-likeness (QED) is 0.768. The van der Waals surface area contributed by atoms with E-state index in [1.807, 2.05) is 0 Å². The highest BCUT2D eigenvalue weighted by atomic mass is 16.5. The molecule has 2 aromatic rings. The van der Waals surface area contributed by atoms with Crippen molar-refractivity contribution >= 4 is 10.8 Å². The highest BCUT2D eigenvalue weighted by molar-refractivity contribution is 5.86. The van der Waals surface area contributed by atoms with E-state index in [0.717, 1.165) is 6.73 Å². The van der Waals surface area contributed by atoms with Crippen molar-refractivity contribution in [3.8, 4) is 0 Å². The first-order valence-electron chi connectivity index (χ1n) is 7.27. The van der Waals surface area contributed by atoms with E-state index < -0.39 is 0 Å². The van der Waals surface area contributed by atoms with E-state index in [1.165, 1.54) is 42.1 Å². The molecule has 0 N–H and O–H groups in total. The van der Waals surface area contributed by atoms with E-state index in [4.69, 9.17) is 4.74 Å². The number of nitrogens with zero attached hydrogens (tertiary/aromatic N) is 1. The lowest BCUT2D eigenvalue weighted by atomic mass is 9.91. The van der Waals surface area contributed by atoms with E-state index in [0.29, 0.717) is 6.04 Å². The van der Waals surface area contributed by atoms with Crippen molar-refractivity contribution in [3.63, 3.8) is 0 Å². The molecule has 2 aromatic carbocycles. The third-order valence-corrected chi connectivity index (χ3v) is 4.56. The van der Waals surface area contributed by atoms with Gasteiger partial charge in [-0.15, -0.1) is 0 Å². The standard InChI is InChI=1S/C17H19NO/c1-2-8-14-13(6-1)7-5-9-15(14)17-16-10-3-4-11-18(16)12-19-17/h1-2,5-9,16-17H,3-4,10-12H2/t16-,17-/m0/s1. The molecule has 0 bridgehead atoms.